The molecule has 0 aromatic heterocycles. The summed E-state index contributed by atoms with van der Waals surface area (Å²) >= 11 is 0. The summed E-state index contributed by atoms with van der Waals surface area (Å²) in [5, 5.41) is 0. The summed E-state index contributed by atoms with van der Waals surface area (Å²) < 4.78 is 0. The van der Waals surface area contributed by atoms with E-state index in [0.717, 1.165) is 23.7 Å². The molecule has 0 spiro atoms. The Bertz CT molecular complexity index is 114. The van der Waals surface area contributed by atoms with E-state index in [1.54, 1.807) is 0 Å². The summed E-state index contributed by atoms with van der Waals surface area (Å²) in [6.45, 7) is 22.4. The van der Waals surface area contributed by atoms with Gasteiger partial charge in [-0.15, -0.1) is 0 Å². The van der Waals surface area contributed by atoms with E-state index in [1.165, 1.54) is 25.7 Å². The van der Waals surface area contributed by atoms with Gasteiger partial charge < -0.3 is 0 Å². The highest BCUT2D eigenvalue weighted by atomic mass is 14.2. The largest absolute Gasteiger partial charge is 0.0656 e. The zero-order chi connectivity index (χ0) is 15.1. The van der Waals surface area contributed by atoms with Gasteiger partial charge in [0.15, 0.2) is 0 Å². The summed E-state index contributed by atoms with van der Waals surface area (Å²) in [6.07, 6.45) is 5.30. The molecule has 0 fully saturated rings. The van der Waals surface area contributed by atoms with E-state index in [4.69, 9.17) is 0 Å². The Morgan fingerprint density at radius 1 is 0.556 bits per heavy atom. The molecule has 0 amide bonds. The topological polar surface area (TPSA) is 0 Å². The molecule has 114 valence electrons. The van der Waals surface area contributed by atoms with Gasteiger partial charge in [-0.25, -0.2) is 0 Å². The van der Waals surface area contributed by atoms with Gasteiger partial charge in [-0.05, 0) is 23.7 Å². The van der Waals surface area contributed by atoms with Crippen LogP contribution < -0.4 is 0 Å². The van der Waals surface area contributed by atoms with Crippen molar-refractivity contribution in [1.29, 1.82) is 0 Å². The van der Waals surface area contributed by atoms with E-state index >= 15 is 0 Å². The van der Waals surface area contributed by atoms with Gasteiger partial charge in [0, 0.05) is 0 Å². The van der Waals surface area contributed by atoms with Gasteiger partial charge in [0.1, 0.15) is 0 Å². The highest BCUT2D eigenvalue weighted by Crippen LogP contribution is 2.21. The first kappa shape index (κ1) is 23.1. The third kappa shape index (κ3) is 18.4. The van der Waals surface area contributed by atoms with E-state index in [-0.39, 0.29) is 0 Å². The molecule has 0 radical (unpaired) electrons. The van der Waals surface area contributed by atoms with Gasteiger partial charge in [-0.2, -0.15) is 0 Å². The number of rotatable bonds is 5. The van der Waals surface area contributed by atoms with E-state index in [9.17, 15) is 0 Å². The van der Waals surface area contributed by atoms with Crippen LogP contribution in [0.2, 0.25) is 0 Å². The predicted molar refractivity (Wildman–Crippen MR) is 89.2 cm³/mol. The Morgan fingerprint density at radius 2 is 0.833 bits per heavy atom. The van der Waals surface area contributed by atoms with Crippen molar-refractivity contribution in [3.05, 3.63) is 0 Å². The zero-order valence-corrected chi connectivity index (χ0v) is 15.1. The molecule has 0 heteroatoms. The summed E-state index contributed by atoms with van der Waals surface area (Å²) in [5.41, 5.74) is 0. The fraction of sp³-hybridized carbons (Fsp3) is 1.00. The van der Waals surface area contributed by atoms with Crippen LogP contribution in [0.4, 0.5) is 0 Å². The van der Waals surface area contributed by atoms with E-state index in [0.29, 0.717) is 0 Å². The van der Waals surface area contributed by atoms with Crippen molar-refractivity contribution in [2.75, 3.05) is 0 Å². The molecule has 1 unspecified atom stereocenters. The molecule has 18 heavy (non-hydrogen) atoms. The van der Waals surface area contributed by atoms with Crippen molar-refractivity contribution in [2.24, 2.45) is 23.7 Å². The molecule has 0 N–H and O–H groups in total. The average molecular weight is 259 g/mol. The lowest BCUT2D eigenvalue weighted by atomic mass is 9.88. The Kier molecular flexibility index (Phi) is 21.8. The van der Waals surface area contributed by atoms with Gasteiger partial charge in [-0.1, -0.05) is 94.9 Å². The molecular formula is C18H42. The monoisotopic (exact) mass is 258 g/mol. The Hall–Kier alpha value is 0. The van der Waals surface area contributed by atoms with Crippen molar-refractivity contribution < 1.29 is 0 Å². The maximum Gasteiger partial charge on any atom is -0.0394 e. The molecule has 0 saturated carbocycles. The van der Waals surface area contributed by atoms with Gasteiger partial charge in [0.2, 0.25) is 0 Å². The van der Waals surface area contributed by atoms with Gasteiger partial charge in [-0.3, -0.25) is 0 Å². The van der Waals surface area contributed by atoms with Crippen LogP contribution in [0.15, 0.2) is 0 Å². The first-order valence-corrected chi connectivity index (χ1v) is 8.31. The lowest BCUT2D eigenvalue weighted by molar-refractivity contribution is 0.328. The molecule has 0 aliphatic rings. The molecule has 0 heterocycles. The molecule has 0 aromatic rings. The van der Waals surface area contributed by atoms with Crippen molar-refractivity contribution in [1.82, 2.24) is 0 Å². The molecule has 0 saturated heterocycles. The Balaban J connectivity index is -0.000000216. The van der Waals surface area contributed by atoms with E-state index in [2.05, 4.69) is 69.2 Å². The first-order valence-electron chi connectivity index (χ1n) is 8.31. The number of hydrogen-bond acceptors (Lipinski definition) is 0. The second-order valence-electron chi connectivity index (χ2n) is 6.16. The molecule has 0 bridgehead atoms. The standard InChI is InChI=1S/C9H20.C6H14.C3H8/c1-5-8(4)9(6-2)7-3;1-5(2)6(3)4;1-3-2/h8-9H,5-7H2,1-4H3;5-6H,1-4H3;3H2,1-2H3. The molecule has 0 nitrogen and oxygen atoms in total. The van der Waals surface area contributed by atoms with Crippen LogP contribution in [-0.2, 0) is 0 Å². The molecular weight excluding hydrogens is 216 g/mol. The van der Waals surface area contributed by atoms with Crippen LogP contribution in [0.25, 0.3) is 0 Å². The van der Waals surface area contributed by atoms with Crippen LogP contribution in [0.5, 0.6) is 0 Å². The van der Waals surface area contributed by atoms with Crippen LogP contribution in [0, 0.1) is 23.7 Å². The maximum absolute atomic E-state index is 2.36. The quantitative estimate of drug-likeness (QED) is 0.490. The third-order valence-electron chi connectivity index (χ3n) is 3.83. The minimum Gasteiger partial charge on any atom is -0.0656 e. The van der Waals surface area contributed by atoms with Crippen LogP contribution in [0.1, 0.15) is 94.9 Å². The van der Waals surface area contributed by atoms with E-state index < -0.39 is 0 Å². The Labute approximate surface area is 119 Å². The zero-order valence-electron chi connectivity index (χ0n) is 15.1. The van der Waals surface area contributed by atoms with Crippen molar-refractivity contribution >= 4 is 0 Å². The molecule has 1 atom stereocenters. The van der Waals surface area contributed by atoms with Gasteiger partial charge in [0.25, 0.3) is 0 Å². The van der Waals surface area contributed by atoms with Crippen LogP contribution in [0.3, 0.4) is 0 Å². The summed E-state index contributed by atoms with van der Waals surface area (Å²) in [5.74, 6) is 3.60. The molecule has 0 aromatic carbocycles. The molecule has 0 aliphatic heterocycles. The fourth-order valence-electron chi connectivity index (χ4n) is 1.43. The van der Waals surface area contributed by atoms with Crippen molar-refractivity contribution in [3.63, 3.8) is 0 Å². The van der Waals surface area contributed by atoms with E-state index in [1.807, 2.05) is 0 Å². The Morgan fingerprint density at radius 3 is 0.889 bits per heavy atom. The lowest BCUT2D eigenvalue weighted by Crippen LogP contribution is -2.07. The highest BCUT2D eigenvalue weighted by Gasteiger charge is 2.09. The fourth-order valence-corrected chi connectivity index (χ4v) is 1.43. The van der Waals surface area contributed by atoms with Crippen molar-refractivity contribution in [2.45, 2.75) is 94.9 Å². The second-order valence-corrected chi connectivity index (χ2v) is 6.16. The van der Waals surface area contributed by atoms with Crippen LogP contribution in [-0.4, -0.2) is 0 Å². The van der Waals surface area contributed by atoms with Crippen molar-refractivity contribution in [3.8, 4) is 0 Å². The average Bonchev–Trinajstić information content (AvgIpc) is 2.32. The maximum atomic E-state index is 2.36. The summed E-state index contributed by atoms with van der Waals surface area (Å²) in [7, 11) is 0. The minimum absolute atomic E-state index is 0.852. The van der Waals surface area contributed by atoms with Crippen LogP contribution >= 0.6 is 0 Å². The predicted octanol–water partition coefficient (Wildman–Crippen LogP) is 7.18. The molecule has 0 rings (SSSR count). The van der Waals surface area contributed by atoms with Gasteiger partial charge in [0.05, 0.1) is 0 Å². The third-order valence-corrected chi connectivity index (χ3v) is 3.83. The van der Waals surface area contributed by atoms with Gasteiger partial charge >= 0.3 is 0 Å². The summed E-state index contributed by atoms with van der Waals surface area (Å²) in [6, 6.07) is 0. The smallest absolute Gasteiger partial charge is 0.0394 e. The SMILES string of the molecule is CC(C)C(C)C.CCC.CCC(C)C(CC)CC. The number of hydrogen-bond donors (Lipinski definition) is 0. The minimum atomic E-state index is 0.852. The normalized spacial score (nSPS) is 11.8. The molecule has 0 aliphatic carbocycles. The lowest BCUT2D eigenvalue weighted by Gasteiger charge is -2.18. The first-order chi connectivity index (χ1) is 8.31. The second kappa shape index (κ2) is 17.0. The highest BCUT2D eigenvalue weighted by molar-refractivity contribution is 4.60. The summed E-state index contributed by atoms with van der Waals surface area (Å²) in [4.78, 5) is 0.